The summed E-state index contributed by atoms with van der Waals surface area (Å²) >= 11 is 0. The van der Waals surface area contributed by atoms with Crippen LogP contribution in [0, 0.1) is 46.5 Å². The van der Waals surface area contributed by atoms with Crippen LogP contribution in [0.5, 0.6) is 0 Å². The van der Waals surface area contributed by atoms with Crippen molar-refractivity contribution in [3.63, 3.8) is 0 Å². The van der Waals surface area contributed by atoms with Gasteiger partial charge in [-0.05, 0) is 11.1 Å². The first-order valence-corrected chi connectivity index (χ1v) is 9.08. The van der Waals surface area contributed by atoms with Crippen LogP contribution in [-0.2, 0) is 0 Å². The Morgan fingerprint density at radius 2 is 0.500 bits per heavy atom. The van der Waals surface area contributed by atoms with E-state index in [4.69, 9.17) is 0 Å². The molecule has 0 N–H and O–H groups in total. The van der Waals surface area contributed by atoms with Crippen molar-refractivity contribution >= 4 is 0 Å². The monoisotopic (exact) mass is 450 g/mol. The van der Waals surface area contributed by atoms with Crippen LogP contribution in [-0.4, -0.2) is 0 Å². The van der Waals surface area contributed by atoms with Gasteiger partial charge in [0, 0.05) is 0 Å². The Morgan fingerprint density at radius 3 is 0.750 bits per heavy atom. The molecule has 0 radical (unpaired) electrons. The second-order valence-electron chi connectivity index (χ2n) is 6.74. The molecule has 0 bridgehead atoms. The summed E-state index contributed by atoms with van der Waals surface area (Å²) in [5, 5.41) is 0. The average Bonchev–Trinajstić information content (AvgIpc) is 2.80. The molecule has 0 aliphatic heterocycles. The molecule has 4 aromatic carbocycles. The molecule has 0 amide bonds. The van der Waals surface area contributed by atoms with Gasteiger partial charge < -0.3 is 0 Å². The van der Waals surface area contributed by atoms with Gasteiger partial charge in [-0.1, -0.05) is 60.7 Å². The maximum absolute atomic E-state index is 14.8. The highest BCUT2D eigenvalue weighted by Gasteiger charge is 2.34. The maximum atomic E-state index is 14.8. The first kappa shape index (κ1) is 21.5. The first-order chi connectivity index (χ1) is 15.3. The van der Waals surface area contributed by atoms with Crippen molar-refractivity contribution in [1.29, 1.82) is 0 Å². The van der Waals surface area contributed by atoms with Crippen molar-refractivity contribution in [3.8, 4) is 33.4 Å². The molecule has 0 heterocycles. The van der Waals surface area contributed by atoms with Crippen molar-refractivity contribution in [3.05, 3.63) is 107 Å². The van der Waals surface area contributed by atoms with E-state index in [0.717, 1.165) is 24.3 Å². The van der Waals surface area contributed by atoms with E-state index in [1.54, 1.807) is 0 Å². The zero-order valence-corrected chi connectivity index (χ0v) is 15.8. The highest BCUT2D eigenvalue weighted by atomic mass is 19.2. The van der Waals surface area contributed by atoms with E-state index in [9.17, 15) is 35.1 Å². The summed E-state index contributed by atoms with van der Waals surface area (Å²) < 4.78 is 118. The van der Waals surface area contributed by atoms with Crippen molar-refractivity contribution in [2.45, 2.75) is 0 Å². The SMILES string of the molecule is Fc1c(F)c(-c2c(F)c(F)c(-c3ccccc3)c(F)c2F)c(F)c(F)c1-c1ccccc1. The lowest BCUT2D eigenvalue weighted by atomic mass is 9.94. The molecule has 0 fully saturated rings. The minimum atomic E-state index is -2.20. The molecule has 8 heteroatoms. The van der Waals surface area contributed by atoms with Gasteiger partial charge in [-0.25, -0.2) is 35.1 Å². The lowest BCUT2D eigenvalue weighted by molar-refractivity contribution is 0.446. The largest absolute Gasteiger partial charge is 0.203 e. The third-order valence-electron chi connectivity index (χ3n) is 4.90. The van der Waals surface area contributed by atoms with E-state index >= 15 is 0 Å². The standard InChI is InChI=1S/C24H10F8/c25-17-13(11-7-3-1-4-8-11)18(26)22(30)15(21(17)29)16-23(31)19(27)14(20(28)24(16)32)12-9-5-2-6-10-12/h1-10H. The van der Waals surface area contributed by atoms with Crippen LogP contribution >= 0.6 is 0 Å². The van der Waals surface area contributed by atoms with Gasteiger partial charge in [0.2, 0.25) is 0 Å². The first-order valence-electron chi connectivity index (χ1n) is 9.08. The van der Waals surface area contributed by atoms with E-state index in [-0.39, 0.29) is 11.1 Å². The van der Waals surface area contributed by atoms with E-state index < -0.39 is 68.8 Å². The topological polar surface area (TPSA) is 0 Å². The van der Waals surface area contributed by atoms with Crippen LogP contribution in [0.25, 0.3) is 33.4 Å². The van der Waals surface area contributed by atoms with Gasteiger partial charge in [0.25, 0.3) is 0 Å². The van der Waals surface area contributed by atoms with Gasteiger partial charge in [-0.2, -0.15) is 0 Å². The number of benzene rings is 4. The van der Waals surface area contributed by atoms with Crippen LogP contribution in [0.15, 0.2) is 60.7 Å². The predicted molar refractivity (Wildman–Crippen MR) is 102 cm³/mol. The Morgan fingerprint density at radius 1 is 0.281 bits per heavy atom. The third kappa shape index (κ3) is 3.23. The molecule has 0 spiro atoms. The Labute approximate surface area is 176 Å². The quantitative estimate of drug-likeness (QED) is 0.221. The average molecular weight is 450 g/mol. The molecular weight excluding hydrogens is 440 g/mol. The molecule has 0 unspecified atom stereocenters. The third-order valence-corrected chi connectivity index (χ3v) is 4.90. The highest BCUT2D eigenvalue weighted by Crippen LogP contribution is 2.42. The van der Waals surface area contributed by atoms with E-state index in [1.165, 1.54) is 36.4 Å². The zero-order valence-electron chi connectivity index (χ0n) is 15.8. The molecule has 0 aromatic heterocycles. The molecule has 32 heavy (non-hydrogen) atoms. The van der Waals surface area contributed by atoms with Crippen molar-refractivity contribution < 1.29 is 35.1 Å². The van der Waals surface area contributed by atoms with Crippen LogP contribution in [0.4, 0.5) is 35.1 Å². The summed E-state index contributed by atoms with van der Waals surface area (Å²) in [5.74, 6) is -16.7. The van der Waals surface area contributed by atoms with Crippen LogP contribution in [0.1, 0.15) is 0 Å². The summed E-state index contributed by atoms with van der Waals surface area (Å²) in [6.45, 7) is 0. The fraction of sp³-hybridized carbons (Fsp3) is 0. The van der Waals surface area contributed by atoms with Gasteiger partial charge in [0.05, 0.1) is 22.3 Å². The Bertz CT molecular complexity index is 1170. The fourth-order valence-corrected chi connectivity index (χ4v) is 3.42. The lowest BCUT2D eigenvalue weighted by Crippen LogP contribution is -2.09. The van der Waals surface area contributed by atoms with Crippen molar-refractivity contribution in [2.75, 3.05) is 0 Å². The smallest absolute Gasteiger partial charge is 0.170 e. The predicted octanol–water partition coefficient (Wildman–Crippen LogP) is 7.80. The van der Waals surface area contributed by atoms with Crippen LogP contribution in [0.3, 0.4) is 0 Å². The number of halogens is 8. The molecule has 0 atom stereocenters. The normalized spacial score (nSPS) is 11.1. The molecular formula is C24H10F8. The molecule has 0 saturated carbocycles. The molecule has 0 nitrogen and oxygen atoms in total. The summed E-state index contributed by atoms with van der Waals surface area (Å²) in [5.41, 5.74) is -6.58. The second kappa shape index (κ2) is 8.11. The van der Waals surface area contributed by atoms with Crippen molar-refractivity contribution in [2.24, 2.45) is 0 Å². The zero-order chi connectivity index (χ0) is 23.2. The Kier molecular flexibility index (Phi) is 5.46. The lowest BCUT2D eigenvalue weighted by Gasteiger charge is -2.16. The second-order valence-corrected chi connectivity index (χ2v) is 6.74. The van der Waals surface area contributed by atoms with Gasteiger partial charge in [0.15, 0.2) is 46.5 Å². The van der Waals surface area contributed by atoms with E-state index in [0.29, 0.717) is 0 Å². The Hall–Kier alpha value is -3.68. The van der Waals surface area contributed by atoms with Gasteiger partial charge in [-0.15, -0.1) is 0 Å². The summed E-state index contributed by atoms with van der Waals surface area (Å²) in [7, 11) is 0. The van der Waals surface area contributed by atoms with E-state index in [1.807, 2.05) is 0 Å². The van der Waals surface area contributed by atoms with Crippen LogP contribution < -0.4 is 0 Å². The van der Waals surface area contributed by atoms with Gasteiger partial charge >= 0.3 is 0 Å². The maximum Gasteiger partial charge on any atom is 0.170 e. The summed E-state index contributed by atoms with van der Waals surface area (Å²) in [6.07, 6.45) is 0. The highest BCUT2D eigenvalue weighted by molar-refractivity contribution is 5.77. The molecule has 162 valence electrons. The summed E-state index contributed by atoms with van der Waals surface area (Å²) in [6, 6.07) is 12.9. The van der Waals surface area contributed by atoms with Crippen LogP contribution in [0.2, 0.25) is 0 Å². The number of hydrogen-bond acceptors (Lipinski definition) is 0. The molecule has 0 aliphatic carbocycles. The van der Waals surface area contributed by atoms with Crippen molar-refractivity contribution in [1.82, 2.24) is 0 Å². The minimum Gasteiger partial charge on any atom is -0.203 e. The number of rotatable bonds is 3. The minimum absolute atomic E-state index is 0.260. The van der Waals surface area contributed by atoms with Gasteiger partial charge in [0.1, 0.15) is 0 Å². The molecule has 0 aliphatic rings. The van der Waals surface area contributed by atoms with Gasteiger partial charge in [-0.3, -0.25) is 0 Å². The van der Waals surface area contributed by atoms with E-state index in [2.05, 4.69) is 0 Å². The Balaban J connectivity index is 2.04. The molecule has 4 rings (SSSR count). The number of hydrogen-bond donors (Lipinski definition) is 0. The fourth-order valence-electron chi connectivity index (χ4n) is 3.42. The molecule has 4 aromatic rings. The summed E-state index contributed by atoms with van der Waals surface area (Å²) in [4.78, 5) is 0. The molecule has 0 saturated heterocycles.